The SMILES string of the molecule is CC1(C)Cc2nc(C3CCCC3)c(C(=O)c3ccc(C(F)(F)F)cc3)c(-c3ccc(Cl)cc3)c2[C@@H](O)C1. The number of nitrogens with zero attached hydrogens (tertiary/aromatic N) is 1. The van der Waals surface area contributed by atoms with E-state index in [-0.39, 0.29) is 22.7 Å². The number of ketones is 1. The van der Waals surface area contributed by atoms with E-state index in [0.717, 1.165) is 49.1 Å². The minimum Gasteiger partial charge on any atom is -0.388 e. The number of pyridine rings is 1. The van der Waals surface area contributed by atoms with E-state index in [4.69, 9.17) is 16.6 Å². The first kappa shape index (κ1) is 25.9. The molecule has 0 aliphatic heterocycles. The van der Waals surface area contributed by atoms with E-state index in [1.165, 1.54) is 12.1 Å². The van der Waals surface area contributed by atoms with E-state index in [0.29, 0.717) is 40.2 Å². The molecule has 7 heteroatoms. The molecule has 37 heavy (non-hydrogen) atoms. The van der Waals surface area contributed by atoms with Gasteiger partial charge in [-0.25, -0.2) is 0 Å². The van der Waals surface area contributed by atoms with Gasteiger partial charge >= 0.3 is 6.18 Å². The van der Waals surface area contributed by atoms with Gasteiger partial charge in [-0.15, -0.1) is 0 Å². The molecule has 2 aromatic carbocycles. The van der Waals surface area contributed by atoms with Crippen molar-refractivity contribution in [1.29, 1.82) is 0 Å². The van der Waals surface area contributed by atoms with Crippen LogP contribution in [-0.4, -0.2) is 15.9 Å². The van der Waals surface area contributed by atoms with Crippen molar-refractivity contribution in [3.8, 4) is 11.1 Å². The van der Waals surface area contributed by atoms with Crippen LogP contribution >= 0.6 is 11.6 Å². The van der Waals surface area contributed by atoms with Crippen molar-refractivity contribution in [2.45, 2.75) is 70.6 Å². The maximum Gasteiger partial charge on any atom is 0.416 e. The molecule has 0 spiro atoms. The van der Waals surface area contributed by atoms with Crippen LogP contribution in [-0.2, 0) is 12.6 Å². The van der Waals surface area contributed by atoms with Crippen molar-refractivity contribution in [3.63, 3.8) is 0 Å². The molecule has 1 aromatic heterocycles. The van der Waals surface area contributed by atoms with Crippen LogP contribution in [0.1, 0.15) is 96.4 Å². The smallest absolute Gasteiger partial charge is 0.388 e. The van der Waals surface area contributed by atoms with Crippen LogP contribution in [0.25, 0.3) is 11.1 Å². The topological polar surface area (TPSA) is 50.2 Å². The lowest BCUT2D eigenvalue weighted by atomic mass is 9.71. The highest BCUT2D eigenvalue weighted by atomic mass is 35.5. The van der Waals surface area contributed by atoms with E-state index < -0.39 is 17.8 Å². The molecule has 2 aliphatic rings. The second kappa shape index (κ2) is 9.55. The van der Waals surface area contributed by atoms with Gasteiger partial charge in [0.15, 0.2) is 5.78 Å². The van der Waals surface area contributed by atoms with Gasteiger partial charge in [0, 0.05) is 33.3 Å². The first-order valence-electron chi connectivity index (χ1n) is 12.7. The number of fused-ring (bicyclic) bond motifs is 1. The van der Waals surface area contributed by atoms with Gasteiger partial charge in [0.2, 0.25) is 0 Å². The van der Waals surface area contributed by atoms with Gasteiger partial charge in [-0.05, 0) is 60.9 Å². The second-order valence-corrected chi connectivity index (χ2v) is 11.5. The van der Waals surface area contributed by atoms with E-state index >= 15 is 0 Å². The number of hydrogen-bond donors (Lipinski definition) is 1. The van der Waals surface area contributed by atoms with Gasteiger partial charge in [0.25, 0.3) is 0 Å². The van der Waals surface area contributed by atoms with Crippen molar-refractivity contribution < 1.29 is 23.1 Å². The Bertz CT molecular complexity index is 1320. The van der Waals surface area contributed by atoms with Gasteiger partial charge < -0.3 is 5.11 Å². The van der Waals surface area contributed by atoms with E-state index in [1.807, 2.05) is 12.1 Å². The van der Waals surface area contributed by atoms with E-state index in [2.05, 4.69) is 13.8 Å². The predicted octanol–water partition coefficient (Wildman–Crippen LogP) is 8.32. The van der Waals surface area contributed by atoms with E-state index in [9.17, 15) is 23.1 Å². The Kier molecular flexibility index (Phi) is 6.70. The largest absolute Gasteiger partial charge is 0.416 e. The molecule has 1 heterocycles. The number of rotatable bonds is 4. The summed E-state index contributed by atoms with van der Waals surface area (Å²) in [6, 6.07) is 11.5. The maximum absolute atomic E-state index is 14.1. The number of aliphatic hydroxyl groups is 1. The molecule has 3 aromatic rings. The number of hydrogen-bond acceptors (Lipinski definition) is 3. The number of aliphatic hydroxyl groups excluding tert-OH is 1. The first-order valence-corrected chi connectivity index (χ1v) is 13.0. The van der Waals surface area contributed by atoms with Crippen LogP contribution in [0.5, 0.6) is 0 Å². The minimum atomic E-state index is -4.49. The number of carbonyl (C=O) groups excluding carboxylic acids is 1. The van der Waals surface area contributed by atoms with Gasteiger partial charge in [-0.1, -0.05) is 62.6 Å². The Balaban J connectivity index is 1.78. The lowest BCUT2D eigenvalue weighted by Crippen LogP contribution is -2.29. The first-order chi connectivity index (χ1) is 17.4. The summed E-state index contributed by atoms with van der Waals surface area (Å²) in [6.45, 7) is 4.19. The molecule has 0 radical (unpaired) electrons. The highest BCUT2D eigenvalue weighted by Crippen LogP contribution is 2.48. The molecule has 3 nitrogen and oxygen atoms in total. The number of halogens is 4. The van der Waals surface area contributed by atoms with Crippen molar-refractivity contribution in [2.75, 3.05) is 0 Å². The lowest BCUT2D eigenvalue weighted by molar-refractivity contribution is -0.137. The summed E-state index contributed by atoms with van der Waals surface area (Å²) >= 11 is 6.17. The Morgan fingerprint density at radius 2 is 1.65 bits per heavy atom. The normalized spacial score (nSPS) is 19.6. The van der Waals surface area contributed by atoms with Crippen LogP contribution < -0.4 is 0 Å². The third-order valence-corrected chi connectivity index (χ3v) is 7.90. The van der Waals surface area contributed by atoms with Gasteiger partial charge in [-0.3, -0.25) is 9.78 Å². The third kappa shape index (κ3) is 5.06. The number of alkyl halides is 3. The predicted molar refractivity (Wildman–Crippen MR) is 138 cm³/mol. The molecule has 2 aliphatic carbocycles. The lowest BCUT2D eigenvalue weighted by Gasteiger charge is -2.37. The molecule has 1 fully saturated rings. The quantitative estimate of drug-likeness (QED) is 0.347. The molecule has 194 valence electrons. The van der Waals surface area contributed by atoms with Crippen LogP contribution in [0.4, 0.5) is 13.2 Å². The Hall–Kier alpha value is -2.70. The number of benzene rings is 2. The van der Waals surface area contributed by atoms with Crippen LogP contribution in [0, 0.1) is 5.41 Å². The van der Waals surface area contributed by atoms with E-state index in [1.54, 1.807) is 12.1 Å². The molecule has 0 amide bonds. The van der Waals surface area contributed by atoms with Crippen LogP contribution in [0.2, 0.25) is 5.02 Å². The maximum atomic E-state index is 14.1. The molecule has 0 saturated heterocycles. The number of aromatic nitrogens is 1. The Labute approximate surface area is 219 Å². The highest BCUT2D eigenvalue weighted by Gasteiger charge is 2.39. The molecule has 1 N–H and O–H groups in total. The third-order valence-electron chi connectivity index (χ3n) is 7.64. The fourth-order valence-corrected chi connectivity index (χ4v) is 6.03. The highest BCUT2D eigenvalue weighted by molar-refractivity contribution is 6.30. The average Bonchev–Trinajstić information content (AvgIpc) is 3.37. The zero-order chi connectivity index (χ0) is 26.5. The summed E-state index contributed by atoms with van der Waals surface area (Å²) < 4.78 is 39.6. The fraction of sp³-hybridized carbons (Fsp3) is 0.400. The second-order valence-electron chi connectivity index (χ2n) is 11.1. The number of carbonyl (C=O) groups is 1. The Morgan fingerprint density at radius 1 is 1.03 bits per heavy atom. The van der Waals surface area contributed by atoms with Gasteiger partial charge in [0.05, 0.1) is 22.9 Å². The zero-order valence-electron chi connectivity index (χ0n) is 20.8. The molecular formula is C30H29ClF3NO2. The van der Waals surface area contributed by atoms with Crippen LogP contribution in [0.15, 0.2) is 48.5 Å². The molecule has 0 bridgehead atoms. The summed E-state index contributed by atoms with van der Waals surface area (Å²) in [5, 5.41) is 11.9. The molecule has 0 unspecified atom stereocenters. The molecule has 1 saturated carbocycles. The summed E-state index contributed by atoms with van der Waals surface area (Å²) in [5.74, 6) is -0.306. The summed E-state index contributed by atoms with van der Waals surface area (Å²) in [7, 11) is 0. The molecule has 1 atom stereocenters. The fourth-order valence-electron chi connectivity index (χ4n) is 5.91. The van der Waals surface area contributed by atoms with Crippen molar-refractivity contribution in [1.82, 2.24) is 4.98 Å². The molecular weight excluding hydrogens is 499 g/mol. The monoisotopic (exact) mass is 527 g/mol. The Morgan fingerprint density at radius 3 is 2.24 bits per heavy atom. The van der Waals surface area contributed by atoms with Crippen molar-refractivity contribution >= 4 is 17.4 Å². The summed E-state index contributed by atoms with van der Waals surface area (Å²) in [4.78, 5) is 19.2. The van der Waals surface area contributed by atoms with Crippen molar-refractivity contribution in [3.05, 3.63) is 87.2 Å². The van der Waals surface area contributed by atoms with Crippen molar-refractivity contribution in [2.24, 2.45) is 5.41 Å². The standard InChI is InChI=1S/C30H29ClF3NO2/c1-29(2)15-22-25(23(36)16-29)24(17-9-13-21(31)14-10-17)26(27(35-22)18-5-3-4-6-18)28(37)19-7-11-20(12-8-19)30(32,33)34/h7-14,18,23,36H,3-6,15-16H2,1-2H3/t23-/m0/s1. The summed E-state index contributed by atoms with van der Waals surface area (Å²) in [5.41, 5.74) is 3.05. The molecule has 5 rings (SSSR count). The van der Waals surface area contributed by atoms with Gasteiger partial charge in [0.1, 0.15) is 0 Å². The van der Waals surface area contributed by atoms with Crippen LogP contribution in [0.3, 0.4) is 0 Å². The minimum absolute atomic E-state index is 0.0759. The zero-order valence-corrected chi connectivity index (χ0v) is 21.6. The van der Waals surface area contributed by atoms with Gasteiger partial charge in [-0.2, -0.15) is 13.2 Å². The summed E-state index contributed by atoms with van der Waals surface area (Å²) in [6.07, 6.45) is -0.295. The average molecular weight is 528 g/mol.